The molecule has 1 aromatic carbocycles. The van der Waals surface area contributed by atoms with E-state index < -0.39 is 10.0 Å². The first-order valence-electron chi connectivity index (χ1n) is 6.23. The Kier molecular flexibility index (Phi) is 3.72. The number of aryl methyl sites for hydroxylation is 1. The van der Waals surface area contributed by atoms with Crippen LogP contribution in [0.2, 0.25) is 0 Å². The number of hydrogen-bond acceptors (Lipinski definition) is 2. The number of anilines is 1. The summed E-state index contributed by atoms with van der Waals surface area (Å²) in [6, 6.07) is 7.82. The number of benzene rings is 1. The van der Waals surface area contributed by atoms with E-state index in [9.17, 15) is 8.42 Å². The Labute approximate surface area is 104 Å². The molecule has 1 aliphatic heterocycles. The minimum atomic E-state index is -3.13. The molecule has 0 fully saturated rings. The fourth-order valence-corrected chi connectivity index (χ4v) is 3.98. The van der Waals surface area contributed by atoms with Crippen molar-refractivity contribution in [2.45, 2.75) is 32.6 Å². The first-order chi connectivity index (χ1) is 8.15. The molecule has 0 N–H and O–H groups in total. The molecule has 2 rings (SSSR count). The van der Waals surface area contributed by atoms with E-state index in [1.165, 1.54) is 0 Å². The van der Waals surface area contributed by atoms with E-state index in [1.54, 1.807) is 4.31 Å². The third-order valence-corrected chi connectivity index (χ3v) is 5.01. The minimum Gasteiger partial charge on any atom is -0.270 e. The number of sulfonamides is 1. The molecule has 0 bridgehead atoms. The zero-order chi connectivity index (χ0) is 12.3. The zero-order valence-electron chi connectivity index (χ0n) is 10.2. The molecule has 4 heteroatoms. The van der Waals surface area contributed by atoms with Crippen LogP contribution < -0.4 is 4.31 Å². The Hall–Kier alpha value is -1.03. The van der Waals surface area contributed by atoms with Crippen LogP contribution in [0, 0.1) is 0 Å². The molecule has 0 amide bonds. The van der Waals surface area contributed by atoms with Crippen molar-refractivity contribution >= 4 is 15.7 Å². The molecular weight excluding hydrogens is 234 g/mol. The van der Waals surface area contributed by atoms with Gasteiger partial charge in [-0.05, 0) is 30.9 Å². The normalized spacial score (nSPS) is 15.7. The summed E-state index contributed by atoms with van der Waals surface area (Å²) >= 11 is 0. The van der Waals surface area contributed by atoms with Crippen molar-refractivity contribution in [2.75, 3.05) is 16.6 Å². The van der Waals surface area contributed by atoms with Gasteiger partial charge in [0.15, 0.2) is 0 Å². The second-order valence-electron chi connectivity index (χ2n) is 4.47. The lowest BCUT2D eigenvalue weighted by Gasteiger charge is -2.30. The molecule has 0 aliphatic carbocycles. The predicted molar refractivity (Wildman–Crippen MR) is 70.8 cm³/mol. The SMILES string of the molecule is CCCCS(=O)(=O)N1CCCc2ccccc21. The Morgan fingerprint density at radius 1 is 1.29 bits per heavy atom. The summed E-state index contributed by atoms with van der Waals surface area (Å²) in [6.07, 6.45) is 3.55. The first-order valence-corrected chi connectivity index (χ1v) is 7.84. The summed E-state index contributed by atoms with van der Waals surface area (Å²) < 4.78 is 26.1. The molecule has 0 radical (unpaired) electrons. The van der Waals surface area contributed by atoms with Crippen molar-refractivity contribution in [1.29, 1.82) is 0 Å². The van der Waals surface area contributed by atoms with Crippen LogP contribution in [0.3, 0.4) is 0 Å². The summed E-state index contributed by atoms with van der Waals surface area (Å²) in [6.45, 7) is 2.64. The van der Waals surface area contributed by atoms with E-state index in [0.29, 0.717) is 6.54 Å². The van der Waals surface area contributed by atoms with Gasteiger partial charge in [0.1, 0.15) is 0 Å². The zero-order valence-corrected chi connectivity index (χ0v) is 11.0. The lowest BCUT2D eigenvalue weighted by atomic mass is 10.0. The summed E-state index contributed by atoms with van der Waals surface area (Å²) in [5.74, 6) is 0.262. The Morgan fingerprint density at radius 3 is 2.82 bits per heavy atom. The average molecular weight is 253 g/mol. The van der Waals surface area contributed by atoms with Gasteiger partial charge < -0.3 is 0 Å². The molecular formula is C13H19NO2S. The molecule has 0 saturated heterocycles. The van der Waals surface area contributed by atoms with Crippen LogP contribution in [0.15, 0.2) is 24.3 Å². The van der Waals surface area contributed by atoms with Gasteiger partial charge in [0.2, 0.25) is 10.0 Å². The maximum Gasteiger partial charge on any atom is 0.235 e. The van der Waals surface area contributed by atoms with Crippen LogP contribution in [-0.2, 0) is 16.4 Å². The van der Waals surface area contributed by atoms with E-state index in [0.717, 1.165) is 36.9 Å². The molecule has 3 nitrogen and oxygen atoms in total. The molecule has 1 aromatic rings. The van der Waals surface area contributed by atoms with Gasteiger partial charge in [-0.15, -0.1) is 0 Å². The van der Waals surface area contributed by atoms with Crippen molar-refractivity contribution in [3.05, 3.63) is 29.8 Å². The smallest absolute Gasteiger partial charge is 0.235 e. The van der Waals surface area contributed by atoms with Crippen molar-refractivity contribution in [1.82, 2.24) is 0 Å². The van der Waals surface area contributed by atoms with Crippen LogP contribution in [0.5, 0.6) is 0 Å². The Bertz CT molecular complexity index is 482. The van der Waals surface area contributed by atoms with E-state index >= 15 is 0 Å². The van der Waals surface area contributed by atoms with Gasteiger partial charge in [-0.2, -0.15) is 0 Å². The lowest BCUT2D eigenvalue weighted by molar-refractivity contribution is 0.583. The molecule has 0 saturated carbocycles. The van der Waals surface area contributed by atoms with Gasteiger partial charge in [0.25, 0.3) is 0 Å². The molecule has 1 aliphatic rings. The summed E-state index contributed by atoms with van der Waals surface area (Å²) in [7, 11) is -3.13. The van der Waals surface area contributed by atoms with Crippen LogP contribution in [0.1, 0.15) is 31.7 Å². The fraction of sp³-hybridized carbons (Fsp3) is 0.538. The largest absolute Gasteiger partial charge is 0.270 e. The van der Waals surface area contributed by atoms with E-state index in [4.69, 9.17) is 0 Å². The standard InChI is InChI=1S/C13H19NO2S/c1-2-3-11-17(15,16)14-10-6-8-12-7-4-5-9-13(12)14/h4-5,7,9H,2-3,6,8,10-11H2,1H3. The molecule has 94 valence electrons. The van der Waals surface area contributed by atoms with Crippen molar-refractivity contribution < 1.29 is 8.42 Å². The molecule has 1 heterocycles. The van der Waals surface area contributed by atoms with E-state index in [1.807, 2.05) is 31.2 Å². The van der Waals surface area contributed by atoms with Crippen LogP contribution >= 0.6 is 0 Å². The van der Waals surface area contributed by atoms with Gasteiger partial charge in [0.05, 0.1) is 11.4 Å². The molecule has 0 unspecified atom stereocenters. The quantitative estimate of drug-likeness (QED) is 0.827. The number of para-hydroxylation sites is 1. The highest BCUT2D eigenvalue weighted by atomic mass is 32.2. The number of nitrogens with zero attached hydrogens (tertiary/aromatic N) is 1. The monoisotopic (exact) mass is 253 g/mol. The van der Waals surface area contributed by atoms with Crippen molar-refractivity contribution in [2.24, 2.45) is 0 Å². The number of rotatable bonds is 4. The Morgan fingerprint density at radius 2 is 2.06 bits per heavy atom. The summed E-state index contributed by atoms with van der Waals surface area (Å²) in [4.78, 5) is 0. The third kappa shape index (κ3) is 2.63. The second-order valence-corrected chi connectivity index (χ2v) is 6.49. The lowest BCUT2D eigenvalue weighted by Crippen LogP contribution is -2.37. The summed E-state index contributed by atoms with van der Waals surface area (Å²) in [5, 5.41) is 0. The highest BCUT2D eigenvalue weighted by Gasteiger charge is 2.26. The fourth-order valence-electron chi connectivity index (χ4n) is 2.22. The summed E-state index contributed by atoms with van der Waals surface area (Å²) in [5.41, 5.74) is 2.04. The van der Waals surface area contributed by atoms with Crippen LogP contribution in [0.25, 0.3) is 0 Å². The number of hydrogen-bond donors (Lipinski definition) is 0. The molecule has 0 aromatic heterocycles. The molecule has 0 spiro atoms. The van der Waals surface area contributed by atoms with Gasteiger partial charge in [-0.1, -0.05) is 31.5 Å². The van der Waals surface area contributed by atoms with Gasteiger partial charge in [-0.3, -0.25) is 4.31 Å². The molecule has 0 atom stereocenters. The van der Waals surface area contributed by atoms with Crippen molar-refractivity contribution in [3.8, 4) is 0 Å². The van der Waals surface area contributed by atoms with Crippen LogP contribution in [-0.4, -0.2) is 20.7 Å². The maximum absolute atomic E-state index is 12.2. The molecule has 17 heavy (non-hydrogen) atoms. The highest BCUT2D eigenvalue weighted by molar-refractivity contribution is 7.92. The second kappa shape index (κ2) is 5.08. The van der Waals surface area contributed by atoms with Crippen molar-refractivity contribution in [3.63, 3.8) is 0 Å². The van der Waals surface area contributed by atoms with E-state index in [-0.39, 0.29) is 5.75 Å². The van der Waals surface area contributed by atoms with Gasteiger partial charge in [-0.25, -0.2) is 8.42 Å². The third-order valence-electron chi connectivity index (χ3n) is 3.16. The first kappa shape index (κ1) is 12.4. The number of unbranched alkanes of at least 4 members (excludes halogenated alkanes) is 1. The van der Waals surface area contributed by atoms with E-state index in [2.05, 4.69) is 0 Å². The van der Waals surface area contributed by atoms with Crippen LogP contribution in [0.4, 0.5) is 5.69 Å². The minimum absolute atomic E-state index is 0.262. The average Bonchev–Trinajstić information content (AvgIpc) is 2.36. The Balaban J connectivity index is 2.29. The maximum atomic E-state index is 12.2. The highest BCUT2D eigenvalue weighted by Crippen LogP contribution is 2.29. The predicted octanol–water partition coefficient (Wildman–Crippen LogP) is 2.57. The number of fused-ring (bicyclic) bond motifs is 1. The van der Waals surface area contributed by atoms with Gasteiger partial charge >= 0.3 is 0 Å². The van der Waals surface area contributed by atoms with Gasteiger partial charge in [0, 0.05) is 6.54 Å². The topological polar surface area (TPSA) is 37.4 Å².